The van der Waals surface area contributed by atoms with Gasteiger partial charge in [-0.05, 0) is 26.7 Å². The summed E-state index contributed by atoms with van der Waals surface area (Å²) in [6.45, 7) is 4.17. The molecule has 1 aromatic rings. The van der Waals surface area contributed by atoms with Crippen molar-refractivity contribution in [2.45, 2.75) is 38.3 Å². The van der Waals surface area contributed by atoms with E-state index >= 15 is 0 Å². The van der Waals surface area contributed by atoms with Gasteiger partial charge in [0.1, 0.15) is 12.2 Å². The van der Waals surface area contributed by atoms with Crippen LogP contribution in [0.1, 0.15) is 38.6 Å². The topological polar surface area (TPSA) is 56.7 Å². The van der Waals surface area contributed by atoms with Gasteiger partial charge in [0.25, 0.3) is 0 Å². The molecule has 1 saturated carbocycles. The van der Waals surface area contributed by atoms with E-state index in [0.717, 1.165) is 18.7 Å². The molecule has 0 aliphatic heterocycles. The van der Waals surface area contributed by atoms with E-state index in [0.29, 0.717) is 6.04 Å². The van der Waals surface area contributed by atoms with Crippen LogP contribution in [-0.4, -0.2) is 14.8 Å². The molecule has 4 heteroatoms. The molecule has 0 unspecified atom stereocenters. The van der Waals surface area contributed by atoms with Gasteiger partial charge in [-0.2, -0.15) is 5.10 Å². The summed E-state index contributed by atoms with van der Waals surface area (Å²) < 4.78 is 1.91. The Morgan fingerprint density at radius 2 is 2.25 bits per heavy atom. The number of hydrogen-bond donors (Lipinski definition) is 1. The van der Waals surface area contributed by atoms with Crippen LogP contribution < -0.4 is 5.73 Å². The summed E-state index contributed by atoms with van der Waals surface area (Å²) in [7, 11) is 0. The average molecular weight is 166 g/mol. The van der Waals surface area contributed by atoms with Crippen molar-refractivity contribution < 1.29 is 0 Å². The first-order valence-corrected chi connectivity index (χ1v) is 4.32. The predicted molar refractivity (Wildman–Crippen MR) is 45.5 cm³/mol. The van der Waals surface area contributed by atoms with E-state index in [1.165, 1.54) is 0 Å². The smallest absolute Gasteiger partial charge is 0.147 e. The maximum absolute atomic E-state index is 6.03. The van der Waals surface area contributed by atoms with Crippen molar-refractivity contribution >= 4 is 0 Å². The maximum atomic E-state index is 6.03. The van der Waals surface area contributed by atoms with Gasteiger partial charge >= 0.3 is 0 Å². The summed E-state index contributed by atoms with van der Waals surface area (Å²) >= 11 is 0. The normalized spacial score (nSPS) is 20.0. The van der Waals surface area contributed by atoms with Crippen LogP contribution in [0, 0.1) is 0 Å². The largest absolute Gasteiger partial charge is 0.319 e. The van der Waals surface area contributed by atoms with Crippen LogP contribution in [0.25, 0.3) is 0 Å². The molecule has 0 amide bonds. The van der Waals surface area contributed by atoms with E-state index in [1.54, 1.807) is 6.33 Å². The summed E-state index contributed by atoms with van der Waals surface area (Å²) in [4.78, 5) is 4.20. The van der Waals surface area contributed by atoms with Crippen molar-refractivity contribution in [1.82, 2.24) is 14.8 Å². The summed E-state index contributed by atoms with van der Waals surface area (Å²) in [6.07, 6.45) is 3.67. The van der Waals surface area contributed by atoms with E-state index in [-0.39, 0.29) is 5.54 Å². The van der Waals surface area contributed by atoms with Gasteiger partial charge in [-0.1, -0.05) is 0 Å². The first kappa shape index (κ1) is 7.73. The number of nitrogens with two attached hydrogens (primary N) is 1. The Morgan fingerprint density at radius 3 is 2.75 bits per heavy atom. The predicted octanol–water partition coefficient (Wildman–Crippen LogP) is 0.807. The molecule has 1 aliphatic rings. The summed E-state index contributed by atoms with van der Waals surface area (Å²) in [5.41, 5.74) is 5.86. The fraction of sp³-hybridized carbons (Fsp3) is 0.750. The monoisotopic (exact) mass is 166 g/mol. The lowest BCUT2D eigenvalue weighted by Crippen LogP contribution is -2.25. The van der Waals surface area contributed by atoms with Gasteiger partial charge in [0, 0.05) is 6.04 Å². The molecule has 1 aromatic heterocycles. The third kappa shape index (κ3) is 1.03. The quantitative estimate of drug-likeness (QED) is 0.707. The fourth-order valence-electron chi connectivity index (χ4n) is 1.34. The van der Waals surface area contributed by atoms with Crippen LogP contribution in [0.5, 0.6) is 0 Å². The molecule has 1 heterocycles. The minimum absolute atomic E-state index is 0.166. The molecule has 0 aromatic carbocycles. The Hall–Kier alpha value is -0.900. The molecule has 12 heavy (non-hydrogen) atoms. The molecule has 0 bridgehead atoms. The van der Waals surface area contributed by atoms with Gasteiger partial charge in [0.15, 0.2) is 0 Å². The lowest BCUT2D eigenvalue weighted by atomic mass is 10.2. The van der Waals surface area contributed by atoms with Crippen molar-refractivity contribution in [3.63, 3.8) is 0 Å². The minimum Gasteiger partial charge on any atom is -0.319 e. The molecule has 1 fully saturated rings. The van der Waals surface area contributed by atoms with E-state index < -0.39 is 0 Å². The van der Waals surface area contributed by atoms with Crippen LogP contribution >= 0.6 is 0 Å². The Kier molecular flexibility index (Phi) is 1.48. The number of aromatic nitrogens is 3. The molecule has 0 radical (unpaired) electrons. The van der Waals surface area contributed by atoms with Gasteiger partial charge in [0.05, 0.1) is 5.54 Å². The van der Waals surface area contributed by atoms with Gasteiger partial charge in [-0.25, -0.2) is 9.67 Å². The molecule has 0 spiro atoms. The molecule has 0 atom stereocenters. The molecule has 2 N–H and O–H groups in total. The Morgan fingerprint density at radius 1 is 1.58 bits per heavy atom. The highest BCUT2D eigenvalue weighted by molar-refractivity contribution is 5.14. The van der Waals surface area contributed by atoms with Crippen molar-refractivity contribution in [2.75, 3.05) is 0 Å². The highest BCUT2D eigenvalue weighted by Crippen LogP contribution is 2.41. The molecule has 4 nitrogen and oxygen atoms in total. The van der Waals surface area contributed by atoms with Gasteiger partial charge in [-0.3, -0.25) is 0 Å². The van der Waals surface area contributed by atoms with Crippen LogP contribution in [0.4, 0.5) is 0 Å². The zero-order chi connectivity index (χ0) is 8.77. The first-order chi connectivity index (χ1) is 5.63. The molecule has 66 valence electrons. The van der Waals surface area contributed by atoms with Gasteiger partial charge < -0.3 is 5.73 Å². The number of hydrogen-bond acceptors (Lipinski definition) is 3. The molecule has 1 aliphatic carbocycles. The standard InChI is InChI=1S/C8H14N4/c1-6(2)12-7(10-5-11-12)8(9)3-4-8/h5-6H,3-4,9H2,1-2H3. The van der Waals surface area contributed by atoms with E-state index in [9.17, 15) is 0 Å². The van der Waals surface area contributed by atoms with Crippen LogP contribution in [0.3, 0.4) is 0 Å². The van der Waals surface area contributed by atoms with Crippen LogP contribution in [-0.2, 0) is 5.54 Å². The van der Waals surface area contributed by atoms with Crippen LogP contribution in [0.2, 0.25) is 0 Å². The van der Waals surface area contributed by atoms with E-state index in [4.69, 9.17) is 5.73 Å². The van der Waals surface area contributed by atoms with Crippen LogP contribution in [0.15, 0.2) is 6.33 Å². The second-order valence-electron chi connectivity index (χ2n) is 3.78. The Balaban J connectivity index is 2.37. The third-order valence-electron chi connectivity index (χ3n) is 2.30. The van der Waals surface area contributed by atoms with Crippen molar-refractivity contribution in [2.24, 2.45) is 5.73 Å². The van der Waals surface area contributed by atoms with Crippen molar-refractivity contribution in [3.8, 4) is 0 Å². The lowest BCUT2D eigenvalue weighted by Gasteiger charge is -2.13. The molecule has 0 saturated heterocycles. The average Bonchev–Trinajstić information content (AvgIpc) is 2.61. The minimum atomic E-state index is -0.166. The number of rotatable bonds is 2. The summed E-state index contributed by atoms with van der Waals surface area (Å²) in [5, 5.41) is 4.15. The first-order valence-electron chi connectivity index (χ1n) is 4.32. The number of nitrogens with zero attached hydrogens (tertiary/aromatic N) is 3. The van der Waals surface area contributed by atoms with E-state index in [2.05, 4.69) is 23.9 Å². The van der Waals surface area contributed by atoms with Gasteiger partial charge in [0.2, 0.25) is 0 Å². The second kappa shape index (κ2) is 2.29. The molecule has 2 rings (SSSR count). The lowest BCUT2D eigenvalue weighted by molar-refractivity contribution is 0.474. The highest BCUT2D eigenvalue weighted by Gasteiger charge is 2.44. The zero-order valence-corrected chi connectivity index (χ0v) is 7.49. The summed E-state index contributed by atoms with van der Waals surface area (Å²) in [5.74, 6) is 0.942. The molecular formula is C8H14N4. The van der Waals surface area contributed by atoms with E-state index in [1.807, 2.05) is 4.68 Å². The molecular weight excluding hydrogens is 152 g/mol. The van der Waals surface area contributed by atoms with Crippen molar-refractivity contribution in [3.05, 3.63) is 12.2 Å². The van der Waals surface area contributed by atoms with Gasteiger partial charge in [-0.15, -0.1) is 0 Å². The maximum Gasteiger partial charge on any atom is 0.147 e. The fourth-order valence-corrected chi connectivity index (χ4v) is 1.34. The Labute approximate surface area is 71.8 Å². The third-order valence-corrected chi connectivity index (χ3v) is 2.30. The highest BCUT2D eigenvalue weighted by atomic mass is 15.4. The SMILES string of the molecule is CC(C)n1ncnc1C1(N)CC1. The van der Waals surface area contributed by atoms with Crippen molar-refractivity contribution in [1.29, 1.82) is 0 Å². The second-order valence-corrected chi connectivity index (χ2v) is 3.78. The Bertz CT molecular complexity index is 285. The zero-order valence-electron chi connectivity index (χ0n) is 7.49. The summed E-state index contributed by atoms with van der Waals surface area (Å²) in [6, 6.07) is 0.350.